The van der Waals surface area contributed by atoms with Crippen LogP contribution in [0, 0.1) is 0 Å². The van der Waals surface area contributed by atoms with Crippen molar-refractivity contribution in [3.8, 4) is 5.75 Å². The second kappa shape index (κ2) is 7.04. The Hall–Kier alpha value is -1.32. The first-order valence-electron chi connectivity index (χ1n) is 5.26. The van der Waals surface area contributed by atoms with Crippen molar-refractivity contribution < 1.29 is 14.6 Å². The second-order valence-electron chi connectivity index (χ2n) is 3.49. The number of aromatic hydroxyl groups is 1. The molecule has 1 aromatic rings. The Morgan fingerprint density at radius 3 is 2.81 bits per heavy atom. The fourth-order valence-electron chi connectivity index (χ4n) is 1.42. The van der Waals surface area contributed by atoms with Crippen LogP contribution in [-0.4, -0.2) is 25.4 Å². The Labute approximate surface area is 96.3 Å². The van der Waals surface area contributed by atoms with Crippen LogP contribution in [-0.2, 0) is 22.5 Å². The molecule has 1 rings (SSSR count). The first kappa shape index (κ1) is 12.7. The smallest absolute Gasteiger partial charge is 0.115 e. The van der Waals surface area contributed by atoms with E-state index in [0.29, 0.717) is 19.8 Å². The summed E-state index contributed by atoms with van der Waals surface area (Å²) in [4.78, 5) is 0. The van der Waals surface area contributed by atoms with Crippen molar-refractivity contribution in [1.82, 2.24) is 0 Å². The van der Waals surface area contributed by atoms with Crippen LogP contribution in [0.1, 0.15) is 11.1 Å². The van der Waals surface area contributed by atoms with Gasteiger partial charge in [-0.2, -0.15) is 0 Å². The molecule has 0 aliphatic carbocycles. The van der Waals surface area contributed by atoms with Gasteiger partial charge < -0.3 is 14.6 Å². The molecule has 16 heavy (non-hydrogen) atoms. The Balaban J connectivity index is 2.59. The predicted molar refractivity (Wildman–Crippen MR) is 63.5 cm³/mol. The monoisotopic (exact) mass is 222 g/mol. The summed E-state index contributed by atoms with van der Waals surface area (Å²) < 4.78 is 10.3. The van der Waals surface area contributed by atoms with Crippen molar-refractivity contribution >= 4 is 0 Å². The topological polar surface area (TPSA) is 38.7 Å². The van der Waals surface area contributed by atoms with Gasteiger partial charge in [0.15, 0.2) is 0 Å². The van der Waals surface area contributed by atoms with Crippen LogP contribution < -0.4 is 0 Å². The van der Waals surface area contributed by atoms with Gasteiger partial charge in [-0.15, -0.1) is 6.58 Å². The molecule has 0 aliphatic heterocycles. The van der Waals surface area contributed by atoms with Crippen LogP contribution in [0.15, 0.2) is 30.9 Å². The minimum absolute atomic E-state index is 0.275. The maximum absolute atomic E-state index is 9.38. The summed E-state index contributed by atoms with van der Waals surface area (Å²) in [5, 5.41) is 9.38. The summed E-state index contributed by atoms with van der Waals surface area (Å²) in [5.41, 5.74) is 2.13. The molecule has 0 aliphatic rings. The van der Waals surface area contributed by atoms with E-state index in [2.05, 4.69) is 6.58 Å². The lowest BCUT2D eigenvalue weighted by Gasteiger charge is -2.09. The van der Waals surface area contributed by atoms with Gasteiger partial charge >= 0.3 is 0 Å². The molecule has 0 atom stereocenters. The van der Waals surface area contributed by atoms with Gasteiger partial charge in [-0.1, -0.05) is 12.1 Å². The summed E-state index contributed by atoms with van der Waals surface area (Å²) in [6.07, 6.45) is 2.55. The van der Waals surface area contributed by atoms with E-state index in [9.17, 15) is 5.11 Å². The third-order valence-electron chi connectivity index (χ3n) is 2.24. The highest BCUT2D eigenvalue weighted by Gasteiger charge is 2.02. The van der Waals surface area contributed by atoms with Crippen LogP contribution in [0.3, 0.4) is 0 Å². The lowest BCUT2D eigenvalue weighted by atomic mass is 10.0. The average Bonchev–Trinajstić information content (AvgIpc) is 2.27. The lowest BCUT2D eigenvalue weighted by molar-refractivity contribution is 0.0614. The third-order valence-corrected chi connectivity index (χ3v) is 2.24. The number of hydrogen-bond acceptors (Lipinski definition) is 3. The molecule has 0 aromatic heterocycles. The third kappa shape index (κ3) is 4.04. The van der Waals surface area contributed by atoms with E-state index in [-0.39, 0.29) is 5.75 Å². The fraction of sp³-hybridized carbons (Fsp3) is 0.385. The van der Waals surface area contributed by atoms with Crippen LogP contribution in [0.25, 0.3) is 0 Å². The largest absolute Gasteiger partial charge is 0.508 e. The molecule has 3 heteroatoms. The van der Waals surface area contributed by atoms with Gasteiger partial charge in [-0.3, -0.25) is 0 Å². The van der Waals surface area contributed by atoms with Crippen LogP contribution in [0.4, 0.5) is 0 Å². The average molecular weight is 222 g/mol. The van der Waals surface area contributed by atoms with E-state index in [4.69, 9.17) is 9.47 Å². The van der Waals surface area contributed by atoms with Gasteiger partial charge in [0.1, 0.15) is 5.75 Å². The minimum atomic E-state index is 0.275. The molecule has 0 bridgehead atoms. The Morgan fingerprint density at radius 2 is 2.12 bits per heavy atom. The van der Waals surface area contributed by atoms with Crippen LogP contribution in [0.2, 0.25) is 0 Å². The zero-order valence-electron chi connectivity index (χ0n) is 9.61. The van der Waals surface area contributed by atoms with Gasteiger partial charge in [-0.05, 0) is 29.7 Å². The van der Waals surface area contributed by atoms with Gasteiger partial charge in [0, 0.05) is 7.11 Å². The number of rotatable bonds is 7. The molecule has 0 fully saturated rings. The summed E-state index contributed by atoms with van der Waals surface area (Å²) in [6.45, 7) is 5.40. The SMILES string of the molecule is C=CCc1cc(O)ccc1COCCOC. The summed E-state index contributed by atoms with van der Waals surface area (Å²) in [5.74, 6) is 0.275. The predicted octanol–water partition coefficient (Wildman–Crippen LogP) is 2.28. The van der Waals surface area contributed by atoms with Crippen molar-refractivity contribution in [3.05, 3.63) is 42.0 Å². The maximum Gasteiger partial charge on any atom is 0.115 e. The number of ether oxygens (including phenoxy) is 2. The first-order valence-corrected chi connectivity index (χ1v) is 5.26. The quantitative estimate of drug-likeness (QED) is 0.568. The number of hydrogen-bond donors (Lipinski definition) is 1. The van der Waals surface area contributed by atoms with Gasteiger partial charge in [0.05, 0.1) is 19.8 Å². The minimum Gasteiger partial charge on any atom is -0.508 e. The van der Waals surface area contributed by atoms with E-state index in [0.717, 1.165) is 17.5 Å². The number of phenolic OH excluding ortho intramolecular Hbond substituents is 1. The maximum atomic E-state index is 9.38. The van der Waals surface area contributed by atoms with Crippen molar-refractivity contribution in [2.45, 2.75) is 13.0 Å². The highest BCUT2D eigenvalue weighted by atomic mass is 16.5. The van der Waals surface area contributed by atoms with Crippen molar-refractivity contribution in [3.63, 3.8) is 0 Å². The molecule has 0 radical (unpaired) electrons. The van der Waals surface area contributed by atoms with E-state index < -0.39 is 0 Å². The highest BCUT2D eigenvalue weighted by molar-refractivity contribution is 5.35. The van der Waals surface area contributed by atoms with Crippen molar-refractivity contribution in [2.75, 3.05) is 20.3 Å². The molecule has 0 saturated heterocycles. The van der Waals surface area contributed by atoms with E-state index in [1.54, 1.807) is 19.2 Å². The van der Waals surface area contributed by atoms with Gasteiger partial charge in [0.2, 0.25) is 0 Å². The first-order chi connectivity index (χ1) is 7.77. The van der Waals surface area contributed by atoms with Crippen LogP contribution >= 0.6 is 0 Å². The molecular weight excluding hydrogens is 204 g/mol. The second-order valence-corrected chi connectivity index (χ2v) is 3.49. The van der Waals surface area contributed by atoms with E-state index in [1.165, 1.54) is 0 Å². The molecular formula is C13H18O3. The summed E-state index contributed by atoms with van der Waals surface area (Å²) in [7, 11) is 1.65. The molecule has 0 saturated carbocycles. The molecule has 1 aromatic carbocycles. The normalized spacial score (nSPS) is 10.3. The lowest BCUT2D eigenvalue weighted by Crippen LogP contribution is -2.03. The van der Waals surface area contributed by atoms with E-state index >= 15 is 0 Å². The zero-order valence-corrected chi connectivity index (χ0v) is 9.61. The molecule has 0 heterocycles. The molecule has 3 nitrogen and oxygen atoms in total. The van der Waals surface area contributed by atoms with Crippen LogP contribution in [0.5, 0.6) is 5.75 Å². The van der Waals surface area contributed by atoms with E-state index in [1.807, 2.05) is 12.1 Å². The number of methoxy groups -OCH3 is 1. The standard InChI is InChI=1S/C13H18O3/c1-3-4-11-9-13(14)6-5-12(11)10-16-8-7-15-2/h3,5-6,9,14H,1,4,7-8,10H2,2H3. The molecule has 0 spiro atoms. The Morgan fingerprint density at radius 1 is 1.31 bits per heavy atom. The number of allylic oxidation sites excluding steroid dienone is 1. The fourth-order valence-corrected chi connectivity index (χ4v) is 1.42. The number of benzene rings is 1. The Bertz CT molecular complexity index is 334. The zero-order chi connectivity index (χ0) is 11.8. The summed E-state index contributed by atoms with van der Waals surface area (Å²) >= 11 is 0. The Kier molecular flexibility index (Phi) is 5.61. The molecule has 88 valence electrons. The summed E-state index contributed by atoms with van der Waals surface area (Å²) in [6, 6.07) is 5.29. The molecule has 1 N–H and O–H groups in total. The van der Waals surface area contributed by atoms with Gasteiger partial charge in [0.25, 0.3) is 0 Å². The van der Waals surface area contributed by atoms with Crippen molar-refractivity contribution in [1.29, 1.82) is 0 Å². The number of phenols is 1. The molecule has 0 amide bonds. The molecule has 0 unspecified atom stereocenters. The van der Waals surface area contributed by atoms with Gasteiger partial charge in [-0.25, -0.2) is 0 Å². The van der Waals surface area contributed by atoms with Crippen molar-refractivity contribution in [2.24, 2.45) is 0 Å². The highest BCUT2D eigenvalue weighted by Crippen LogP contribution is 2.18.